The SMILES string of the molecule is COc1ccccc1C1(CNC(=O)c2ccccc2)CCOCC1. The molecule has 1 amide bonds. The number of hydrogen-bond donors (Lipinski definition) is 1. The summed E-state index contributed by atoms with van der Waals surface area (Å²) in [6, 6.07) is 17.4. The van der Waals surface area contributed by atoms with Crippen molar-refractivity contribution in [2.75, 3.05) is 26.9 Å². The van der Waals surface area contributed by atoms with Crippen LogP contribution in [0.1, 0.15) is 28.8 Å². The van der Waals surface area contributed by atoms with E-state index >= 15 is 0 Å². The average Bonchev–Trinajstić information content (AvgIpc) is 2.67. The van der Waals surface area contributed by atoms with E-state index in [2.05, 4.69) is 11.4 Å². The van der Waals surface area contributed by atoms with E-state index in [9.17, 15) is 4.79 Å². The van der Waals surface area contributed by atoms with Crippen molar-refractivity contribution in [3.05, 3.63) is 65.7 Å². The van der Waals surface area contributed by atoms with Gasteiger partial charge in [-0.05, 0) is 31.0 Å². The molecular formula is C20H23NO3. The molecule has 1 heterocycles. The predicted molar refractivity (Wildman–Crippen MR) is 93.5 cm³/mol. The maximum Gasteiger partial charge on any atom is 0.251 e. The zero-order valence-electron chi connectivity index (χ0n) is 14.0. The molecule has 0 spiro atoms. The zero-order chi connectivity index (χ0) is 16.8. The fourth-order valence-electron chi connectivity index (χ4n) is 3.33. The van der Waals surface area contributed by atoms with Crippen LogP contribution in [-0.4, -0.2) is 32.8 Å². The maximum absolute atomic E-state index is 12.4. The van der Waals surface area contributed by atoms with E-state index in [4.69, 9.17) is 9.47 Å². The van der Waals surface area contributed by atoms with Gasteiger partial charge in [0, 0.05) is 36.3 Å². The van der Waals surface area contributed by atoms with Gasteiger partial charge in [0.25, 0.3) is 5.91 Å². The lowest BCUT2D eigenvalue weighted by Crippen LogP contribution is -2.44. The summed E-state index contributed by atoms with van der Waals surface area (Å²) in [7, 11) is 1.69. The lowest BCUT2D eigenvalue weighted by Gasteiger charge is -2.38. The minimum Gasteiger partial charge on any atom is -0.496 e. The number of benzene rings is 2. The van der Waals surface area contributed by atoms with Crippen LogP contribution in [0.2, 0.25) is 0 Å². The van der Waals surface area contributed by atoms with Crippen molar-refractivity contribution < 1.29 is 14.3 Å². The summed E-state index contributed by atoms with van der Waals surface area (Å²) in [5.41, 5.74) is 1.67. The first-order valence-electron chi connectivity index (χ1n) is 8.30. The Kier molecular flexibility index (Phi) is 5.16. The molecule has 0 atom stereocenters. The Morgan fingerprint density at radius 2 is 1.75 bits per heavy atom. The highest BCUT2D eigenvalue weighted by Crippen LogP contribution is 2.39. The zero-order valence-corrected chi connectivity index (χ0v) is 14.0. The topological polar surface area (TPSA) is 47.6 Å². The van der Waals surface area contributed by atoms with Crippen LogP contribution in [0.5, 0.6) is 5.75 Å². The average molecular weight is 325 g/mol. The first kappa shape index (κ1) is 16.5. The molecule has 1 saturated heterocycles. The quantitative estimate of drug-likeness (QED) is 0.918. The molecule has 0 unspecified atom stereocenters. The van der Waals surface area contributed by atoms with Gasteiger partial charge in [-0.25, -0.2) is 0 Å². The molecule has 2 aromatic carbocycles. The van der Waals surface area contributed by atoms with Crippen molar-refractivity contribution in [3.63, 3.8) is 0 Å². The van der Waals surface area contributed by atoms with Crippen LogP contribution in [-0.2, 0) is 10.2 Å². The summed E-state index contributed by atoms with van der Waals surface area (Å²) in [5, 5.41) is 3.11. The van der Waals surface area contributed by atoms with E-state index in [0.29, 0.717) is 25.3 Å². The van der Waals surface area contributed by atoms with E-state index < -0.39 is 0 Å². The number of methoxy groups -OCH3 is 1. The summed E-state index contributed by atoms with van der Waals surface area (Å²) in [6.45, 7) is 1.96. The third-order valence-electron chi connectivity index (χ3n) is 4.75. The number of hydrogen-bond acceptors (Lipinski definition) is 3. The number of rotatable bonds is 5. The number of para-hydroxylation sites is 1. The summed E-state index contributed by atoms with van der Waals surface area (Å²) >= 11 is 0. The fourth-order valence-corrected chi connectivity index (χ4v) is 3.33. The Morgan fingerprint density at radius 3 is 2.46 bits per heavy atom. The van der Waals surface area contributed by atoms with Gasteiger partial charge in [0.2, 0.25) is 0 Å². The third kappa shape index (κ3) is 3.44. The molecule has 0 radical (unpaired) electrons. The molecular weight excluding hydrogens is 302 g/mol. The molecule has 1 N–H and O–H groups in total. The van der Waals surface area contributed by atoms with Crippen molar-refractivity contribution in [1.82, 2.24) is 5.32 Å². The van der Waals surface area contributed by atoms with Gasteiger partial charge in [-0.1, -0.05) is 36.4 Å². The minimum atomic E-state index is -0.157. The highest BCUT2D eigenvalue weighted by atomic mass is 16.5. The van der Waals surface area contributed by atoms with Gasteiger partial charge in [-0.2, -0.15) is 0 Å². The maximum atomic E-state index is 12.4. The Hall–Kier alpha value is -2.33. The normalized spacial score (nSPS) is 16.4. The van der Waals surface area contributed by atoms with Gasteiger partial charge in [-0.3, -0.25) is 4.79 Å². The molecule has 4 nitrogen and oxygen atoms in total. The number of carbonyl (C=O) groups excluding carboxylic acids is 1. The molecule has 126 valence electrons. The summed E-state index contributed by atoms with van der Waals surface area (Å²) in [6.07, 6.45) is 1.73. The first-order chi connectivity index (χ1) is 11.7. The molecule has 24 heavy (non-hydrogen) atoms. The van der Waals surface area contributed by atoms with Crippen LogP contribution in [0.3, 0.4) is 0 Å². The highest BCUT2D eigenvalue weighted by molar-refractivity contribution is 5.94. The fraction of sp³-hybridized carbons (Fsp3) is 0.350. The van der Waals surface area contributed by atoms with Gasteiger partial charge in [0.1, 0.15) is 5.75 Å². The molecule has 0 aromatic heterocycles. The molecule has 4 heteroatoms. The van der Waals surface area contributed by atoms with Crippen molar-refractivity contribution in [1.29, 1.82) is 0 Å². The lowest BCUT2D eigenvalue weighted by atomic mass is 9.73. The number of carbonyl (C=O) groups is 1. The third-order valence-corrected chi connectivity index (χ3v) is 4.75. The van der Waals surface area contributed by atoms with Crippen molar-refractivity contribution in [3.8, 4) is 5.75 Å². The van der Waals surface area contributed by atoms with Crippen molar-refractivity contribution in [2.24, 2.45) is 0 Å². The number of ether oxygens (including phenoxy) is 2. The Morgan fingerprint density at radius 1 is 1.08 bits per heavy atom. The molecule has 3 rings (SSSR count). The second-order valence-electron chi connectivity index (χ2n) is 6.14. The molecule has 1 aliphatic rings. The van der Waals surface area contributed by atoms with Crippen LogP contribution < -0.4 is 10.1 Å². The summed E-state index contributed by atoms with van der Waals surface area (Å²) in [5.74, 6) is 0.824. The second kappa shape index (κ2) is 7.49. The molecule has 0 saturated carbocycles. The van der Waals surface area contributed by atoms with Gasteiger partial charge in [0.05, 0.1) is 7.11 Å². The van der Waals surface area contributed by atoms with E-state index in [1.165, 1.54) is 0 Å². The van der Waals surface area contributed by atoms with Crippen LogP contribution in [0.15, 0.2) is 54.6 Å². The highest BCUT2D eigenvalue weighted by Gasteiger charge is 2.37. The standard InChI is InChI=1S/C20H23NO3/c1-23-18-10-6-5-9-17(18)20(11-13-24-14-12-20)15-21-19(22)16-7-3-2-4-8-16/h2-10H,11-15H2,1H3,(H,21,22). The Balaban J connectivity index is 1.83. The predicted octanol–water partition coefficient (Wildman–Crippen LogP) is 3.17. The van der Waals surface area contributed by atoms with E-state index in [1.54, 1.807) is 7.11 Å². The van der Waals surface area contributed by atoms with Crippen LogP contribution in [0.25, 0.3) is 0 Å². The van der Waals surface area contributed by atoms with E-state index in [1.807, 2.05) is 48.5 Å². The van der Waals surface area contributed by atoms with E-state index in [0.717, 1.165) is 24.2 Å². The second-order valence-corrected chi connectivity index (χ2v) is 6.14. The molecule has 2 aromatic rings. The van der Waals surface area contributed by atoms with Crippen LogP contribution >= 0.6 is 0 Å². The first-order valence-corrected chi connectivity index (χ1v) is 8.30. The number of nitrogens with one attached hydrogen (secondary N) is 1. The molecule has 0 bridgehead atoms. The minimum absolute atomic E-state index is 0.0450. The van der Waals surface area contributed by atoms with Crippen LogP contribution in [0, 0.1) is 0 Å². The van der Waals surface area contributed by atoms with Gasteiger partial charge < -0.3 is 14.8 Å². The molecule has 1 fully saturated rings. The lowest BCUT2D eigenvalue weighted by molar-refractivity contribution is 0.0479. The van der Waals surface area contributed by atoms with E-state index in [-0.39, 0.29) is 11.3 Å². The smallest absolute Gasteiger partial charge is 0.251 e. The summed E-state index contributed by atoms with van der Waals surface area (Å²) < 4.78 is 11.1. The van der Waals surface area contributed by atoms with Crippen molar-refractivity contribution >= 4 is 5.91 Å². The summed E-state index contributed by atoms with van der Waals surface area (Å²) in [4.78, 5) is 12.4. The Bertz CT molecular complexity index is 678. The number of amides is 1. The van der Waals surface area contributed by atoms with Gasteiger partial charge in [0.15, 0.2) is 0 Å². The molecule has 1 aliphatic heterocycles. The van der Waals surface area contributed by atoms with Crippen molar-refractivity contribution in [2.45, 2.75) is 18.3 Å². The largest absolute Gasteiger partial charge is 0.496 e. The Labute approximate surface area is 142 Å². The van der Waals surface area contributed by atoms with Gasteiger partial charge in [-0.15, -0.1) is 0 Å². The van der Waals surface area contributed by atoms with Crippen LogP contribution in [0.4, 0.5) is 0 Å². The molecule has 0 aliphatic carbocycles. The van der Waals surface area contributed by atoms with Gasteiger partial charge >= 0.3 is 0 Å². The monoisotopic (exact) mass is 325 g/mol.